The van der Waals surface area contributed by atoms with Crippen molar-refractivity contribution in [1.82, 2.24) is 4.98 Å². The van der Waals surface area contributed by atoms with E-state index in [-0.39, 0.29) is 0 Å². The maximum Gasteiger partial charge on any atom is 0.180 e. The Morgan fingerprint density at radius 1 is 1.50 bits per heavy atom. The topological polar surface area (TPSA) is 82.9 Å². The van der Waals surface area contributed by atoms with Crippen molar-refractivity contribution in [2.24, 2.45) is 0 Å². The molecule has 0 aliphatic carbocycles. The van der Waals surface area contributed by atoms with Crippen LogP contribution in [0.5, 0.6) is 0 Å². The highest BCUT2D eigenvalue weighted by atomic mass is 32.1. The Balaban J connectivity index is 2.34. The van der Waals surface area contributed by atoms with Crippen molar-refractivity contribution in [3.8, 4) is 6.07 Å². The number of anilines is 1. The number of thiazole rings is 1. The third-order valence-electron chi connectivity index (χ3n) is 2.14. The summed E-state index contributed by atoms with van der Waals surface area (Å²) in [6, 6.07) is 8.88. The molecule has 0 amide bonds. The normalized spacial score (nSPS) is 12.0. The largest absolute Gasteiger partial charge is 0.383 e. The van der Waals surface area contributed by atoms with Crippen molar-refractivity contribution in [2.45, 2.75) is 6.10 Å². The van der Waals surface area contributed by atoms with Crippen LogP contribution in [0.3, 0.4) is 0 Å². The number of hydrogen-bond acceptors (Lipinski definition) is 5. The minimum Gasteiger partial charge on any atom is -0.383 e. The van der Waals surface area contributed by atoms with Crippen molar-refractivity contribution in [2.75, 3.05) is 5.73 Å². The monoisotopic (exact) mass is 231 g/mol. The summed E-state index contributed by atoms with van der Waals surface area (Å²) < 4.78 is 0. The Kier molecular flexibility index (Phi) is 2.86. The molecule has 0 saturated heterocycles. The van der Waals surface area contributed by atoms with Gasteiger partial charge < -0.3 is 10.8 Å². The van der Waals surface area contributed by atoms with Crippen LogP contribution in [-0.4, -0.2) is 10.1 Å². The lowest BCUT2D eigenvalue weighted by molar-refractivity contribution is 0.224. The summed E-state index contributed by atoms with van der Waals surface area (Å²) in [6.07, 6.45) is 0.770. The number of hydrogen-bond donors (Lipinski definition) is 2. The molecule has 0 fully saturated rings. The lowest BCUT2D eigenvalue weighted by atomic mass is 10.1. The number of aromatic nitrogens is 1. The van der Waals surface area contributed by atoms with Gasteiger partial charge in [-0.1, -0.05) is 23.5 Å². The minimum atomic E-state index is -0.775. The number of rotatable bonds is 2. The van der Waals surface area contributed by atoms with E-state index in [1.807, 2.05) is 6.07 Å². The van der Waals surface area contributed by atoms with Crippen LogP contribution in [0.25, 0.3) is 0 Å². The fraction of sp³-hybridized carbons (Fsp3) is 0.0909. The van der Waals surface area contributed by atoms with Crippen LogP contribution in [0.1, 0.15) is 22.1 Å². The summed E-state index contributed by atoms with van der Waals surface area (Å²) in [5.74, 6) is 0. The lowest BCUT2D eigenvalue weighted by Crippen LogP contribution is -1.97. The zero-order valence-corrected chi connectivity index (χ0v) is 9.11. The van der Waals surface area contributed by atoms with Crippen molar-refractivity contribution < 1.29 is 5.11 Å². The zero-order chi connectivity index (χ0) is 11.5. The second-order valence-electron chi connectivity index (χ2n) is 3.24. The van der Waals surface area contributed by atoms with Gasteiger partial charge in [-0.3, -0.25) is 0 Å². The molecule has 3 N–H and O–H groups in total. The van der Waals surface area contributed by atoms with E-state index in [2.05, 4.69) is 4.98 Å². The average molecular weight is 231 g/mol. The molecule has 16 heavy (non-hydrogen) atoms. The SMILES string of the molecule is N#Cc1cccc(C(O)c2cnc(N)s2)c1. The van der Waals surface area contributed by atoms with Crippen molar-refractivity contribution in [3.05, 3.63) is 46.5 Å². The van der Waals surface area contributed by atoms with Gasteiger partial charge in [0.05, 0.1) is 16.5 Å². The van der Waals surface area contributed by atoms with E-state index in [0.717, 1.165) is 0 Å². The molecule has 80 valence electrons. The van der Waals surface area contributed by atoms with Gasteiger partial charge in [0, 0.05) is 6.20 Å². The molecule has 5 heteroatoms. The van der Waals surface area contributed by atoms with Crippen molar-refractivity contribution in [1.29, 1.82) is 5.26 Å². The van der Waals surface area contributed by atoms with E-state index in [0.29, 0.717) is 21.1 Å². The Morgan fingerprint density at radius 3 is 2.94 bits per heavy atom. The predicted octanol–water partition coefficient (Wildman–Crippen LogP) is 1.68. The van der Waals surface area contributed by atoms with E-state index in [1.165, 1.54) is 11.3 Å². The van der Waals surface area contributed by atoms with E-state index in [9.17, 15) is 5.11 Å². The summed E-state index contributed by atoms with van der Waals surface area (Å²) in [5, 5.41) is 19.2. The summed E-state index contributed by atoms with van der Waals surface area (Å²) in [7, 11) is 0. The first-order valence-electron chi connectivity index (χ1n) is 4.60. The molecule has 0 radical (unpaired) electrons. The van der Waals surface area contributed by atoms with Gasteiger partial charge in [0.2, 0.25) is 0 Å². The third kappa shape index (κ3) is 2.03. The molecular formula is C11H9N3OS. The number of nitrogens with two attached hydrogens (primary N) is 1. The quantitative estimate of drug-likeness (QED) is 0.823. The van der Waals surface area contributed by atoms with Crippen LogP contribution in [0, 0.1) is 11.3 Å². The molecule has 2 rings (SSSR count). The molecule has 1 aromatic carbocycles. The summed E-state index contributed by atoms with van der Waals surface area (Å²) in [5.41, 5.74) is 6.69. The highest BCUT2D eigenvalue weighted by Crippen LogP contribution is 2.27. The highest BCUT2D eigenvalue weighted by Gasteiger charge is 2.13. The fourth-order valence-electron chi connectivity index (χ4n) is 1.37. The van der Waals surface area contributed by atoms with E-state index in [1.54, 1.807) is 30.5 Å². The number of aliphatic hydroxyl groups is 1. The first-order chi connectivity index (χ1) is 7.70. The van der Waals surface area contributed by atoms with Crippen molar-refractivity contribution in [3.63, 3.8) is 0 Å². The Morgan fingerprint density at radius 2 is 2.31 bits per heavy atom. The van der Waals surface area contributed by atoms with Gasteiger partial charge in [-0.15, -0.1) is 0 Å². The van der Waals surface area contributed by atoms with Crippen LogP contribution < -0.4 is 5.73 Å². The van der Waals surface area contributed by atoms with Crippen LogP contribution in [0.15, 0.2) is 30.5 Å². The Bertz CT molecular complexity index is 544. The second kappa shape index (κ2) is 4.31. The van der Waals surface area contributed by atoms with Crippen LogP contribution in [0.4, 0.5) is 5.13 Å². The minimum absolute atomic E-state index is 0.422. The number of nitrogens with zero attached hydrogens (tertiary/aromatic N) is 2. The molecule has 1 atom stereocenters. The molecule has 1 unspecified atom stereocenters. The predicted molar refractivity (Wildman–Crippen MR) is 61.7 cm³/mol. The van der Waals surface area contributed by atoms with Gasteiger partial charge in [-0.05, 0) is 17.7 Å². The van der Waals surface area contributed by atoms with Gasteiger partial charge >= 0.3 is 0 Å². The smallest absolute Gasteiger partial charge is 0.180 e. The molecule has 1 heterocycles. The lowest BCUT2D eigenvalue weighted by Gasteiger charge is -2.07. The molecule has 0 aliphatic heterocycles. The highest BCUT2D eigenvalue weighted by molar-refractivity contribution is 7.15. The average Bonchev–Trinajstić information content (AvgIpc) is 2.75. The van der Waals surface area contributed by atoms with Crippen LogP contribution >= 0.6 is 11.3 Å². The maximum absolute atomic E-state index is 10.0. The van der Waals surface area contributed by atoms with Gasteiger partial charge in [-0.25, -0.2) is 4.98 Å². The Hall–Kier alpha value is -1.90. The molecule has 4 nitrogen and oxygen atoms in total. The van der Waals surface area contributed by atoms with Crippen LogP contribution in [0.2, 0.25) is 0 Å². The van der Waals surface area contributed by atoms with E-state index in [4.69, 9.17) is 11.0 Å². The third-order valence-corrected chi connectivity index (χ3v) is 3.02. The first-order valence-corrected chi connectivity index (χ1v) is 5.41. The van der Waals surface area contributed by atoms with E-state index >= 15 is 0 Å². The van der Waals surface area contributed by atoms with Gasteiger partial charge in [0.15, 0.2) is 5.13 Å². The first kappa shape index (κ1) is 10.6. The fourth-order valence-corrected chi connectivity index (χ4v) is 2.07. The molecule has 0 bridgehead atoms. The standard InChI is InChI=1S/C11H9N3OS/c12-5-7-2-1-3-8(4-7)10(15)9-6-14-11(13)16-9/h1-4,6,10,15H,(H2,13,14). The molecule has 0 aliphatic rings. The molecule has 1 aromatic heterocycles. The number of benzene rings is 1. The van der Waals surface area contributed by atoms with E-state index < -0.39 is 6.10 Å². The van der Waals surface area contributed by atoms with Gasteiger partial charge in [-0.2, -0.15) is 5.26 Å². The summed E-state index contributed by atoms with van der Waals surface area (Å²) >= 11 is 1.24. The molecular weight excluding hydrogens is 222 g/mol. The van der Waals surface area contributed by atoms with Crippen LogP contribution in [-0.2, 0) is 0 Å². The van der Waals surface area contributed by atoms with Gasteiger partial charge in [0.25, 0.3) is 0 Å². The molecule has 0 spiro atoms. The Labute approximate surface area is 96.6 Å². The number of nitrogen functional groups attached to an aromatic ring is 1. The molecule has 0 saturated carbocycles. The molecule has 2 aromatic rings. The van der Waals surface area contributed by atoms with Crippen molar-refractivity contribution >= 4 is 16.5 Å². The second-order valence-corrected chi connectivity index (χ2v) is 4.33. The number of aliphatic hydroxyl groups excluding tert-OH is 1. The zero-order valence-electron chi connectivity index (χ0n) is 8.29. The summed E-state index contributed by atoms with van der Waals surface area (Å²) in [6.45, 7) is 0. The maximum atomic E-state index is 10.0. The summed E-state index contributed by atoms with van der Waals surface area (Å²) in [4.78, 5) is 4.55. The van der Waals surface area contributed by atoms with Gasteiger partial charge in [0.1, 0.15) is 6.10 Å². The number of nitriles is 1.